The second kappa shape index (κ2) is 8.86. The number of aliphatic carboxylic acids is 1. The number of aryl methyl sites for hydroxylation is 1. The van der Waals surface area contributed by atoms with Crippen molar-refractivity contribution in [3.8, 4) is 0 Å². The number of piperidine rings is 1. The number of carbonyl (C=O) groups excluding carboxylic acids is 1. The van der Waals surface area contributed by atoms with Gasteiger partial charge in [0.15, 0.2) is 0 Å². The fraction of sp³-hybridized carbons (Fsp3) is 0.600. The van der Waals surface area contributed by atoms with Gasteiger partial charge in [0, 0.05) is 25.9 Å². The molecule has 0 spiro atoms. The van der Waals surface area contributed by atoms with Crippen molar-refractivity contribution in [2.45, 2.75) is 52.4 Å². The molecule has 1 fully saturated rings. The summed E-state index contributed by atoms with van der Waals surface area (Å²) in [5, 5.41) is 8.84. The highest BCUT2D eigenvalue weighted by molar-refractivity contribution is 5.76. The minimum absolute atomic E-state index is 0.190. The molecule has 1 saturated heterocycles. The Morgan fingerprint density at radius 2 is 1.71 bits per heavy atom. The van der Waals surface area contributed by atoms with E-state index in [0.29, 0.717) is 25.4 Å². The van der Waals surface area contributed by atoms with Gasteiger partial charge in [-0.3, -0.25) is 9.59 Å². The number of hydrogen-bond acceptors (Lipinski definition) is 2. The number of rotatable bonds is 7. The standard InChI is InChI=1S/C20H29NO3/c1-15(2)13-17-5-3-16(4-6-17)7-8-19(22)21-11-9-18(10-12-21)14-20(23)24/h3-6,15,18H,7-14H2,1-2H3,(H,23,24). The van der Waals surface area contributed by atoms with Crippen LogP contribution in [0.4, 0.5) is 0 Å². The Balaban J connectivity index is 1.74. The maximum atomic E-state index is 12.3. The van der Waals surface area contributed by atoms with Crippen molar-refractivity contribution in [2.75, 3.05) is 13.1 Å². The van der Waals surface area contributed by atoms with Gasteiger partial charge >= 0.3 is 5.97 Å². The molecule has 1 aromatic rings. The van der Waals surface area contributed by atoms with Gasteiger partial charge < -0.3 is 10.0 Å². The SMILES string of the molecule is CC(C)Cc1ccc(CCC(=O)N2CCC(CC(=O)O)CC2)cc1. The third kappa shape index (κ3) is 5.99. The largest absolute Gasteiger partial charge is 0.481 e. The Morgan fingerprint density at radius 1 is 1.12 bits per heavy atom. The second-order valence-electron chi connectivity index (χ2n) is 7.34. The summed E-state index contributed by atoms with van der Waals surface area (Å²) in [7, 11) is 0. The summed E-state index contributed by atoms with van der Waals surface area (Å²) in [5.41, 5.74) is 2.55. The van der Waals surface area contributed by atoms with Crippen LogP contribution in [-0.4, -0.2) is 35.0 Å². The molecule has 0 atom stereocenters. The van der Waals surface area contributed by atoms with Crippen LogP contribution in [0.15, 0.2) is 24.3 Å². The molecular formula is C20H29NO3. The van der Waals surface area contributed by atoms with E-state index < -0.39 is 5.97 Å². The van der Waals surface area contributed by atoms with E-state index in [4.69, 9.17) is 5.11 Å². The molecule has 1 amide bonds. The quantitative estimate of drug-likeness (QED) is 0.831. The van der Waals surface area contributed by atoms with Crippen LogP contribution in [0.5, 0.6) is 0 Å². The van der Waals surface area contributed by atoms with E-state index in [1.165, 1.54) is 11.1 Å². The molecule has 132 valence electrons. The number of carbonyl (C=O) groups is 2. The van der Waals surface area contributed by atoms with Gasteiger partial charge in [-0.05, 0) is 48.6 Å². The molecule has 4 heteroatoms. The molecule has 0 radical (unpaired) electrons. The fourth-order valence-corrected chi connectivity index (χ4v) is 3.36. The number of nitrogens with zero attached hydrogens (tertiary/aromatic N) is 1. The van der Waals surface area contributed by atoms with Gasteiger partial charge in [0.05, 0.1) is 0 Å². The summed E-state index contributed by atoms with van der Waals surface area (Å²) in [6.45, 7) is 5.83. The highest BCUT2D eigenvalue weighted by Gasteiger charge is 2.23. The van der Waals surface area contributed by atoms with Gasteiger partial charge in [-0.2, -0.15) is 0 Å². The van der Waals surface area contributed by atoms with Crippen LogP contribution in [0.3, 0.4) is 0 Å². The Bertz CT molecular complexity index is 543. The summed E-state index contributed by atoms with van der Waals surface area (Å²) < 4.78 is 0. The summed E-state index contributed by atoms with van der Waals surface area (Å²) in [6, 6.07) is 8.59. The van der Waals surface area contributed by atoms with Crippen molar-refractivity contribution in [2.24, 2.45) is 11.8 Å². The number of carboxylic acid groups (broad SMARTS) is 1. The zero-order valence-corrected chi connectivity index (χ0v) is 14.8. The van der Waals surface area contributed by atoms with Crippen molar-refractivity contribution in [3.63, 3.8) is 0 Å². The zero-order valence-electron chi connectivity index (χ0n) is 14.8. The first-order valence-corrected chi connectivity index (χ1v) is 9.01. The first-order valence-electron chi connectivity index (χ1n) is 9.01. The maximum Gasteiger partial charge on any atom is 0.303 e. The first kappa shape index (κ1) is 18.5. The molecule has 0 unspecified atom stereocenters. The number of hydrogen-bond donors (Lipinski definition) is 1. The lowest BCUT2D eigenvalue weighted by Gasteiger charge is -2.31. The van der Waals surface area contributed by atoms with E-state index in [1.807, 2.05) is 4.90 Å². The fourth-order valence-electron chi connectivity index (χ4n) is 3.36. The predicted molar refractivity (Wildman–Crippen MR) is 94.9 cm³/mol. The van der Waals surface area contributed by atoms with Crippen molar-refractivity contribution >= 4 is 11.9 Å². The van der Waals surface area contributed by atoms with Crippen molar-refractivity contribution in [1.82, 2.24) is 4.90 Å². The van der Waals surface area contributed by atoms with Crippen LogP contribution in [0.2, 0.25) is 0 Å². The lowest BCUT2D eigenvalue weighted by molar-refractivity contribution is -0.138. The van der Waals surface area contributed by atoms with Crippen LogP contribution in [0.1, 0.15) is 50.7 Å². The highest BCUT2D eigenvalue weighted by Crippen LogP contribution is 2.21. The smallest absolute Gasteiger partial charge is 0.303 e. The van der Waals surface area contributed by atoms with Crippen molar-refractivity contribution in [1.29, 1.82) is 0 Å². The number of carboxylic acids is 1. The molecule has 0 bridgehead atoms. The lowest BCUT2D eigenvalue weighted by Crippen LogP contribution is -2.39. The Hall–Kier alpha value is -1.84. The average Bonchev–Trinajstić information content (AvgIpc) is 2.53. The van der Waals surface area contributed by atoms with E-state index >= 15 is 0 Å². The normalized spacial score (nSPS) is 15.7. The van der Waals surface area contributed by atoms with Gasteiger partial charge in [0.1, 0.15) is 0 Å². The predicted octanol–water partition coefficient (Wildman–Crippen LogP) is 3.53. The Labute approximate surface area is 144 Å². The van der Waals surface area contributed by atoms with Gasteiger partial charge in [-0.1, -0.05) is 38.1 Å². The van der Waals surface area contributed by atoms with Crippen molar-refractivity contribution < 1.29 is 14.7 Å². The second-order valence-corrected chi connectivity index (χ2v) is 7.34. The van der Waals surface area contributed by atoms with Crippen LogP contribution in [0, 0.1) is 11.8 Å². The van der Waals surface area contributed by atoms with Crippen molar-refractivity contribution in [3.05, 3.63) is 35.4 Å². The van der Waals surface area contributed by atoms with Crippen LogP contribution in [-0.2, 0) is 22.4 Å². The summed E-state index contributed by atoms with van der Waals surface area (Å²) in [5.74, 6) is 0.331. The third-order valence-corrected chi connectivity index (χ3v) is 4.72. The highest BCUT2D eigenvalue weighted by atomic mass is 16.4. The zero-order chi connectivity index (χ0) is 17.5. The van der Waals surface area contributed by atoms with Crippen LogP contribution < -0.4 is 0 Å². The minimum Gasteiger partial charge on any atom is -0.481 e. The van der Waals surface area contributed by atoms with Crippen LogP contribution in [0.25, 0.3) is 0 Å². The lowest BCUT2D eigenvalue weighted by atomic mass is 9.93. The molecule has 0 aliphatic carbocycles. The van der Waals surface area contributed by atoms with E-state index in [-0.39, 0.29) is 18.2 Å². The molecule has 1 heterocycles. The Kier molecular flexibility index (Phi) is 6.83. The topological polar surface area (TPSA) is 57.6 Å². The van der Waals surface area contributed by atoms with E-state index in [9.17, 15) is 9.59 Å². The summed E-state index contributed by atoms with van der Waals surface area (Å²) in [6.07, 6.45) is 4.24. The molecule has 0 aromatic heterocycles. The monoisotopic (exact) mass is 331 g/mol. The van der Waals surface area contributed by atoms with E-state index in [2.05, 4.69) is 38.1 Å². The molecule has 4 nitrogen and oxygen atoms in total. The Morgan fingerprint density at radius 3 is 2.25 bits per heavy atom. The summed E-state index contributed by atoms with van der Waals surface area (Å²) >= 11 is 0. The number of benzene rings is 1. The van der Waals surface area contributed by atoms with Crippen LogP contribution >= 0.6 is 0 Å². The van der Waals surface area contributed by atoms with E-state index in [1.54, 1.807) is 0 Å². The van der Waals surface area contributed by atoms with Gasteiger partial charge in [-0.15, -0.1) is 0 Å². The van der Waals surface area contributed by atoms with Gasteiger partial charge in [0.2, 0.25) is 5.91 Å². The molecule has 1 N–H and O–H groups in total. The molecule has 2 rings (SSSR count). The number of amides is 1. The van der Waals surface area contributed by atoms with Gasteiger partial charge in [-0.25, -0.2) is 0 Å². The van der Waals surface area contributed by atoms with E-state index in [0.717, 1.165) is 25.7 Å². The number of likely N-dealkylation sites (tertiary alicyclic amines) is 1. The molecular weight excluding hydrogens is 302 g/mol. The van der Waals surface area contributed by atoms with Gasteiger partial charge in [0.25, 0.3) is 0 Å². The minimum atomic E-state index is -0.735. The summed E-state index contributed by atoms with van der Waals surface area (Å²) in [4.78, 5) is 25.0. The molecule has 0 saturated carbocycles. The molecule has 24 heavy (non-hydrogen) atoms. The third-order valence-electron chi connectivity index (χ3n) is 4.72. The molecule has 1 aromatic carbocycles. The maximum absolute atomic E-state index is 12.3. The first-order chi connectivity index (χ1) is 11.4. The average molecular weight is 331 g/mol. The molecule has 1 aliphatic heterocycles. The molecule has 1 aliphatic rings.